The Morgan fingerprint density at radius 2 is 1.80 bits per heavy atom. The second-order valence-electron chi connectivity index (χ2n) is 6.49. The van der Waals surface area contributed by atoms with Crippen molar-refractivity contribution in [3.63, 3.8) is 0 Å². The number of nitrogens with zero attached hydrogens (tertiary/aromatic N) is 2. The van der Waals surface area contributed by atoms with Gasteiger partial charge in [0.15, 0.2) is 0 Å². The molecule has 1 N–H and O–H groups in total. The lowest BCUT2D eigenvalue weighted by molar-refractivity contribution is -0.144. The summed E-state index contributed by atoms with van der Waals surface area (Å²) in [6, 6.07) is 6.72. The minimum absolute atomic E-state index is 0.0857. The molecule has 1 aromatic rings. The van der Waals surface area contributed by atoms with E-state index in [0.717, 1.165) is 12.8 Å². The van der Waals surface area contributed by atoms with Gasteiger partial charge in [-0.15, -0.1) is 0 Å². The molecule has 1 aromatic carbocycles. The van der Waals surface area contributed by atoms with Crippen LogP contribution in [-0.4, -0.2) is 53.7 Å². The number of hydrogen-bond donors (Lipinski definition) is 1. The summed E-state index contributed by atoms with van der Waals surface area (Å²) >= 11 is 0. The number of nitrogens with one attached hydrogen (secondary N) is 1. The van der Waals surface area contributed by atoms with Crippen LogP contribution in [-0.2, 0) is 9.59 Å². The first-order valence-corrected chi connectivity index (χ1v) is 8.95. The van der Waals surface area contributed by atoms with E-state index in [9.17, 15) is 14.4 Å². The van der Waals surface area contributed by atoms with Crippen LogP contribution in [0.15, 0.2) is 24.3 Å². The third-order valence-corrected chi connectivity index (χ3v) is 4.68. The van der Waals surface area contributed by atoms with E-state index in [2.05, 4.69) is 12.2 Å². The highest BCUT2D eigenvalue weighted by Gasteiger charge is 2.25. The zero-order chi connectivity index (χ0) is 18.4. The van der Waals surface area contributed by atoms with Crippen LogP contribution in [0.5, 0.6) is 0 Å². The summed E-state index contributed by atoms with van der Waals surface area (Å²) in [6.45, 7) is 8.48. The van der Waals surface area contributed by atoms with E-state index >= 15 is 0 Å². The van der Waals surface area contributed by atoms with Crippen LogP contribution < -0.4 is 5.32 Å². The number of anilines is 1. The Labute approximate surface area is 149 Å². The summed E-state index contributed by atoms with van der Waals surface area (Å²) in [5.74, 6) is -0.651. The van der Waals surface area contributed by atoms with Gasteiger partial charge in [-0.25, -0.2) is 0 Å². The van der Waals surface area contributed by atoms with Gasteiger partial charge in [0, 0.05) is 37.4 Å². The van der Waals surface area contributed by atoms with Crippen molar-refractivity contribution in [1.82, 2.24) is 9.80 Å². The quantitative estimate of drug-likeness (QED) is 0.852. The highest BCUT2D eigenvalue weighted by molar-refractivity contribution is 6.39. The predicted molar refractivity (Wildman–Crippen MR) is 97.3 cm³/mol. The Morgan fingerprint density at radius 1 is 1.16 bits per heavy atom. The molecule has 25 heavy (non-hydrogen) atoms. The van der Waals surface area contributed by atoms with Gasteiger partial charge >= 0.3 is 11.8 Å². The molecule has 0 aliphatic carbocycles. The van der Waals surface area contributed by atoms with Crippen molar-refractivity contribution in [2.45, 2.75) is 33.6 Å². The fourth-order valence-electron chi connectivity index (χ4n) is 2.96. The third-order valence-electron chi connectivity index (χ3n) is 4.68. The predicted octanol–water partition coefficient (Wildman–Crippen LogP) is 2.37. The van der Waals surface area contributed by atoms with Crippen molar-refractivity contribution in [3.05, 3.63) is 29.8 Å². The minimum atomic E-state index is -0.651. The normalized spacial score (nSPS) is 14.9. The van der Waals surface area contributed by atoms with Crippen LogP contribution in [0.25, 0.3) is 0 Å². The Hall–Kier alpha value is -2.37. The van der Waals surface area contributed by atoms with Crippen LogP contribution in [0.2, 0.25) is 0 Å². The second-order valence-corrected chi connectivity index (χ2v) is 6.49. The van der Waals surface area contributed by atoms with Crippen molar-refractivity contribution in [2.75, 3.05) is 31.5 Å². The van der Waals surface area contributed by atoms with Crippen molar-refractivity contribution >= 4 is 23.4 Å². The van der Waals surface area contributed by atoms with Gasteiger partial charge in [-0.1, -0.05) is 13.0 Å². The molecule has 6 heteroatoms. The molecule has 1 aliphatic heterocycles. The summed E-state index contributed by atoms with van der Waals surface area (Å²) in [4.78, 5) is 40.2. The number of carbonyl (C=O) groups is 3. The monoisotopic (exact) mass is 345 g/mol. The second kappa shape index (κ2) is 8.65. The standard InChI is InChI=1S/C19H27N3O3/c1-4-21(5-2)18(24)15-7-6-8-16(13-15)20-17(23)19(25)22-11-9-14(3)10-12-22/h6-8,13-14H,4-5,9-12H2,1-3H3,(H,20,23). The molecule has 136 valence electrons. The zero-order valence-electron chi connectivity index (χ0n) is 15.2. The number of benzene rings is 1. The first-order chi connectivity index (χ1) is 12.0. The Bertz CT molecular complexity index is 633. The van der Waals surface area contributed by atoms with Crippen molar-refractivity contribution in [2.24, 2.45) is 5.92 Å². The van der Waals surface area contributed by atoms with E-state index in [1.165, 1.54) is 0 Å². The number of likely N-dealkylation sites (tertiary alicyclic amines) is 1. The van der Waals surface area contributed by atoms with Gasteiger partial charge in [-0.05, 0) is 50.8 Å². The van der Waals surface area contributed by atoms with E-state index in [1.807, 2.05) is 13.8 Å². The summed E-state index contributed by atoms with van der Waals surface area (Å²) in [6.07, 6.45) is 1.85. The third kappa shape index (κ3) is 4.81. The number of piperidine rings is 1. The first kappa shape index (κ1) is 19.0. The van der Waals surface area contributed by atoms with Gasteiger partial charge < -0.3 is 15.1 Å². The van der Waals surface area contributed by atoms with Gasteiger partial charge in [-0.2, -0.15) is 0 Å². The number of carbonyl (C=O) groups excluding carboxylic acids is 3. The van der Waals surface area contributed by atoms with Crippen LogP contribution >= 0.6 is 0 Å². The maximum absolute atomic E-state index is 12.4. The summed E-state index contributed by atoms with van der Waals surface area (Å²) in [5.41, 5.74) is 0.961. The van der Waals surface area contributed by atoms with Gasteiger partial charge in [-0.3, -0.25) is 14.4 Å². The van der Waals surface area contributed by atoms with E-state index in [-0.39, 0.29) is 5.91 Å². The molecular formula is C19H27N3O3. The van der Waals surface area contributed by atoms with Crippen molar-refractivity contribution in [3.8, 4) is 0 Å². The van der Waals surface area contributed by atoms with Gasteiger partial charge in [0.1, 0.15) is 0 Å². The Morgan fingerprint density at radius 3 is 2.40 bits per heavy atom. The van der Waals surface area contributed by atoms with E-state index in [0.29, 0.717) is 43.3 Å². The fourth-order valence-corrected chi connectivity index (χ4v) is 2.96. The Balaban J connectivity index is 2.02. The molecule has 2 rings (SSSR count). The smallest absolute Gasteiger partial charge is 0.313 e. The highest BCUT2D eigenvalue weighted by atomic mass is 16.2. The molecule has 1 fully saturated rings. The van der Waals surface area contributed by atoms with Crippen molar-refractivity contribution < 1.29 is 14.4 Å². The zero-order valence-corrected chi connectivity index (χ0v) is 15.2. The maximum atomic E-state index is 12.4. The molecule has 3 amide bonds. The number of amides is 3. The summed E-state index contributed by atoms with van der Waals surface area (Å²) in [5, 5.41) is 2.62. The van der Waals surface area contributed by atoms with E-state index in [1.54, 1.807) is 34.1 Å². The van der Waals surface area contributed by atoms with Crippen molar-refractivity contribution in [1.29, 1.82) is 0 Å². The molecule has 0 radical (unpaired) electrons. The number of hydrogen-bond acceptors (Lipinski definition) is 3. The molecule has 6 nitrogen and oxygen atoms in total. The maximum Gasteiger partial charge on any atom is 0.313 e. The molecule has 0 unspecified atom stereocenters. The lowest BCUT2D eigenvalue weighted by atomic mass is 9.99. The Kier molecular flexibility index (Phi) is 6.56. The molecule has 0 bridgehead atoms. The lowest BCUT2D eigenvalue weighted by Crippen LogP contribution is -2.43. The largest absolute Gasteiger partial charge is 0.339 e. The average Bonchev–Trinajstić information content (AvgIpc) is 2.63. The van der Waals surface area contributed by atoms with E-state index in [4.69, 9.17) is 0 Å². The average molecular weight is 345 g/mol. The van der Waals surface area contributed by atoms with Crippen LogP contribution in [0.1, 0.15) is 44.0 Å². The molecule has 0 spiro atoms. The lowest BCUT2D eigenvalue weighted by Gasteiger charge is -2.29. The first-order valence-electron chi connectivity index (χ1n) is 8.95. The molecule has 0 saturated carbocycles. The van der Waals surface area contributed by atoms with Gasteiger partial charge in [0.2, 0.25) is 0 Å². The molecule has 1 heterocycles. The van der Waals surface area contributed by atoms with Crippen LogP contribution in [0.3, 0.4) is 0 Å². The molecule has 0 aromatic heterocycles. The minimum Gasteiger partial charge on any atom is -0.339 e. The highest BCUT2D eigenvalue weighted by Crippen LogP contribution is 2.17. The molecule has 0 atom stereocenters. The fraction of sp³-hybridized carbons (Fsp3) is 0.526. The van der Waals surface area contributed by atoms with Gasteiger partial charge in [0.25, 0.3) is 5.91 Å². The molecular weight excluding hydrogens is 318 g/mol. The summed E-state index contributed by atoms with van der Waals surface area (Å²) in [7, 11) is 0. The van der Waals surface area contributed by atoms with E-state index < -0.39 is 11.8 Å². The molecule has 1 saturated heterocycles. The SMILES string of the molecule is CCN(CC)C(=O)c1cccc(NC(=O)C(=O)N2CCC(C)CC2)c1. The van der Waals surface area contributed by atoms with Crippen LogP contribution in [0.4, 0.5) is 5.69 Å². The summed E-state index contributed by atoms with van der Waals surface area (Å²) < 4.78 is 0. The topological polar surface area (TPSA) is 69.7 Å². The van der Waals surface area contributed by atoms with Gasteiger partial charge in [0.05, 0.1) is 0 Å². The molecule has 1 aliphatic rings. The number of rotatable bonds is 4. The van der Waals surface area contributed by atoms with Crippen LogP contribution in [0, 0.1) is 5.92 Å².